The minimum Gasteiger partial charge on any atom is -0.368 e. The van der Waals surface area contributed by atoms with Gasteiger partial charge in [-0.1, -0.05) is 0 Å². The summed E-state index contributed by atoms with van der Waals surface area (Å²) < 4.78 is 22.4. The van der Waals surface area contributed by atoms with Gasteiger partial charge in [0.2, 0.25) is 5.95 Å². The molecular weight excluding hydrogens is 228 g/mol. The molecule has 0 fully saturated rings. The van der Waals surface area contributed by atoms with Crippen LogP contribution in [0, 0.1) is 6.92 Å². The van der Waals surface area contributed by atoms with Gasteiger partial charge in [-0.25, -0.2) is 13.4 Å². The summed E-state index contributed by atoms with van der Waals surface area (Å²) in [6.45, 7) is 1.80. The predicted molar refractivity (Wildman–Crippen MR) is 61.5 cm³/mol. The van der Waals surface area contributed by atoms with Crippen molar-refractivity contribution in [2.24, 2.45) is 0 Å². The maximum atomic E-state index is 11.2. The molecule has 1 atom stereocenters. The molecule has 6 nitrogen and oxygen atoms in total. The molecule has 1 aliphatic rings. The van der Waals surface area contributed by atoms with Crippen LogP contribution >= 0.6 is 0 Å². The van der Waals surface area contributed by atoms with Crippen LogP contribution in [0.5, 0.6) is 0 Å². The number of hydrogen-bond acceptors (Lipinski definition) is 6. The second-order valence-corrected chi connectivity index (χ2v) is 5.59. The first kappa shape index (κ1) is 10.9. The number of nitrogens with one attached hydrogen (secondary N) is 1. The Morgan fingerprint density at radius 1 is 1.50 bits per heavy atom. The average Bonchev–Trinajstić information content (AvgIpc) is 2.43. The van der Waals surface area contributed by atoms with Gasteiger partial charge in [0, 0.05) is 17.2 Å². The second-order valence-electron chi connectivity index (χ2n) is 3.66. The minimum absolute atomic E-state index is 0.0515. The van der Waals surface area contributed by atoms with Gasteiger partial charge in [-0.2, -0.15) is 4.98 Å². The van der Waals surface area contributed by atoms with Gasteiger partial charge in [0.15, 0.2) is 9.84 Å². The van der Waals surface area contributed by atoms with E-state index in [4.69, 9.17) is 5.73 Å². The number of sulfone groups is 1. The fourth-order valence-corrected chi connectivity index (χ4v) is 2.76. The number of nitrogens with zero attached hydrogens (tertiary/aromatic N) is 2. The highest BCUT2D eigenvalue weighted by Crippen LogP contribution is 2.14. The zero-order chi connectivity index (χ0) is 11.8. The van der Waals surface area contributed by atoms with Crippen molar-refractivity contribution < 1.29 is 8.42 Å². The van der Waals surface area contributed by atoms with Gasteiger partial charge in [0.1, 0.15) is 5.82 Å². The maximum Gasteiger partial charge on any atom is 0.222 e. The lowest BCUT2D eigenvalue weighted by molar-refractivity contribution is 0.605. The van der Waals surface area contributed by atoms with E-state index < -0.39 is 9.84 Å². The van der Waals surface area contributed by atoms with Crippen molar-refractivity contribution in [1.29, 1.82) is 0 Å². The summed E-state index contributed by atoms with van der Waals surface area (Å²) in [5.41, 5.74) is 6.22. The SMILES string of the molecule is Cc1cc(NC2C=CS(=O)(=O)C2)nc(N)n1. The van der Waals surface area contributed by atoms with E-state index >= 15 is 0 Å². The highest BCUT2D eigenvalue weighted by Gasteiger charge is 2.21. The molecule has 1 aromatic rings. The Kier molecular flexibility index (Phi) is 2.55. The van der Waals surface area contributed by atoms with Crippen molar-refractivity contribution in [2.45, 2.75) is 13.0 Å². The minimum atomic E-state index is -3.05. The lowest BCUT2D eigenvalue weighted by atomic mass is 10.3. The lowest BCUT2D eigenvalue weighted by Crippen LogP contribution is -2.22. The average molecular weight is 240 g/mol. The molecule has 1 aromatic heterocycles. The van der Waals surface area contributed by atoms with E-state index in [9.17, 15) is 8.42 Å². The molecule has 0 saturated heterocycles. The first-order chi connectivity index (χ1) is 7.44. The Balaban J connectivity index is 2.14. The molecule has 3 N–H and O–H groups in total. The summed E-state index contributed by atoms with van der Waals surface area (Å²) in [6.07, 6.45) is 1.60. The molecular formula is C9H12N4O2S. The molecule has 0 bridgehead atoms. The number of anilines is 2. The van der Waals surface area contributed by atoms with Crippen molar-refractivity contribution in [2.75, 3.05) is 16.8 Å². The number of aromatic nitrogens is 2. The van der Waals surface area contributed by atoms with E-state index in [0.29, 0.717) is 5.82 Å². The Hall–Kier alpha value is -1.63. The van der Waals surface area contributed by atoms with Crippen LogP contribution in [-0.2, 0) is 9.84 Å². The van der Waals surface area contributed by atoms with Crippen molar-refractivity contribution in [3.8, 4) is 0 Å². The maximum absolute atomic E-state index is 11.2. The van der Waals surface area contributed by atoms with Gasteiger partial charge in [0.05, 0.1) is 11.8 Å². The molecule has 1 aliphatic heterocycles. The fraction of sp³-hybridized carbons (Fsp3) is 0.333. The third-order valence-electron chi connectivity index (χ3n) is 2.13. The summed E-state index contributed by atoms with van der Waals surface area (Å²) in [5.74, 6) is 0.764. The van der Waals surface area contributed by atoms with Crippen LogP contribution in [0.15, 0.2) is 17.6 Å². The third kappa shape index (κ3) is 2.48. The largest absolute Gasteiger partial charge is 0.368 e. The van der Waals surface area contributed by atoms with Crippen molar-refractivity contribution >= 4 is 21.6 Å². The van der Waals surface area contributed by atoms with Gasteiger partial charge in [-0.15, -0.1) is 0 Å². The first-order valence-electron chi connectivity index (χ1n) is 4.73. The van der Waals surface area contributed by atoms with Crippen LogP contribution in [0.4, 0.5) is 11.8 Å². The topological polar surface area (TPSA) is 98.0 Å². The van der Waals surface area contributed by atoms with E-state index in [-0.39, 0.29) is 17.7 Å². The molecule has 0 aliphatic carbocycles. The van der Waals surface area contributed by atoms with E-state index in [0.717, 1.165) is 5.69 Å². The smallest absolute Gasteiger partial charge is 0.222 e. The van der Waals surface area contributed by atoms with Crippen LogP contribution in [0.25, 0.3) is 0 Å². The Bertz CT molecular complexity index is 518. The summed E-state index contributed by atoms with van der Waals surface area (Å²) in [4.78, 5) is 7.90. The zero-order valence-corrected chi connectivity index (χ0v) is 9.53. The van der Waals surface area contributed by atoms with Gasteiger partial charge >= 0.3 is 0 Å². The molecule has 86 valence electrons. The van der Waals surface area contributed by atoms with Crippen LogP contribution in [-0.4, -0.2) is 30.2 Å². The van der Waals surface area contributed by atoms with Crippen LogP contribution in [0.1, 0.15) is 5.69 Å². The van der Waals surface area contributed by atoms with Crippen molar-refractivity contribution in [3.63, 3.8) is 0 Å². The van der Waals surface area contributed by atoms with Crippen LogP contribution in [0.2, 0.25) is 0 Å². The monoisotopic (exact) mass is 240 g/mol. The summed E-state index contributed by atoms with van der Waals surface area (Å²) in [5, 5.41) is 4.19. The molecule has 0 aromatic carbocycles. The Morgan fingerprint density at radius 3 is 2.81 bits per heavy atom. The molecule has 2 rings (SSSR count). The van der Waals surface area contributed by atoms with Gasteiger partial charge in [-0.05, 0) is 13.0 Å². The lowest BCUT2D eigenvalue weighted by Gasteiger charge is -2.11. The van der Waals surface area contributed by atoms with E-state index in [2.05, 4.69) is 15.3 Å². The molecule has 0 radical (unpaired) electrons. The Morgan fingerprint density at radius 2 is 2.25 bits per heavy atom. The van der Waals surface area contributed by atoms with E-state index in [1.165, 1.54) is 5.41 Å². The second kappa shape index (κ2) is 3.75. The summed E-state index contributed by atoms with van der Waals surface area (Å²) in [6, 6.07) is 1.47. The number of aryl methyl sites for hydroxylation is 1. The zero-order valence-electron chi connectivity index (χ0n) is 8.71. The van der Waals surface area contributed by atoms with Crippen molar-refractivity contribution in [3.05, 3.63) is 23.2 Å². The molecule has 0 saturated carbocycles. The molecule has 2 heterocycles. The van der Waals surface area contributed by atoms with Crippen LogP contribution in [0.3, 0.4) is 0 Å². The van der Waals surface area contributed by atoms with Crippen LogP contribution < -0.4 is 11.1 Å². The third-order valence-corrected chi connectivity index (χ3v) is 3.53. The Labute approximate surface area is 93.5 Å². The molecule has 1 unspecified atom stereocenters. The van der Waals surface area contributed by atoms with Gasteiger partial charge < -0.3 is 11.1 Å². The fourth-order valence-electron chi connectivity index (χ4n) is 1.52. The first-order valence-corrected chi connectivity index (χ1v) is 6.45. The summed E-state index contributed by atoms with van der Waals surface area (Å²) >= 11 is 0. The standard InChI is InChI=1S/C9H12N4O2S/c1-6-4-8(13-9(10)11-6)12-7-2-3-16(14,15)5-7/h2-4,7H,5H2,1H3,(H3,10,11,12,13). The van der Waals surface area contributed by atoms with Gasteiger partial charge in [0.25, 0.3) is 0 Å². The number of hydrogen-bond donors (Lipinski definition) is 2. The number of rotatable bonds is 2. The van der Waals surface area contributed by atoms with Gasteiger partial charge in [-0.3, -0.25) is 0 Å². The normalized spacial score (nSPS) is 22.2. The van der Waals surface area contributed by atoms with Crippen molar-refractivity contribution in [1.82, 2.24) is 9.97 Å². The molecule has 0 spiro atoms. The highest BCUT2D eigenvalue weighted by atomic mass is 32.2. The number of nitrogen functional groups attached to an aromatic ring is 1. The number of nitrogens with two attached hydrogens (primary N) is 1. The van der Waals surface area contributed by atoms with E-state index in [1.54, 1.807) is 19.1 Å². The summed E-state index contributed by atoms with van der Waals surface area (Å²) in [7, 11) is -3.05. The molecule has 0 amide bonds. The highest BCUT2D eigenvalue weighted by molar-refractivity contribution is 7.94. The molecule has 7 heteroatoms. The predicted octanol–water partition coefficient (Wildman–Crippen LogP) is 0.0898. The molecule has 16 heavy (non-hydrogen) atoms. The van der Waals surface area contributed by atoms with E-state index in [1.807, 2.05) is 0 Å². The quantitative estimate of drug-likeness (QED) is 0.760.